The van der Waals surface area contributed by atoms with Crippen molar-refractivity contribution in [3.63, 3.8) is 0 Å². The molecule has 4 N–H and O–H groups in total. The molecule has 2 rings (SSSR count). The fourth-order valence-electron chi connectivity index (χ4n) is 2.63. The molecule has 0 atom stereocenters. The van der Waals surface area contributed by atoms with Gasteiger partial charge in [0.05, 0.1) is 42.4 Å². The van der Waals surface area contributed by atoms with Crippen LogP contribution in [-0.4, -0.2) is 17.3 Å². The minimum absolute atomic E-state index is 0.0273. The lowest BCUT2D eigenvalue weighted by atomic mass is 10.0. The van der Waals surface area contributed by atoms with Crippen LogP contribution in [0.3, 0.4) is 0 Å². The van der Waals surface area contributed by atoms with Crippen molar-refractivity contribution in [2.24, 2.45) is 0 Å². The van der Waals surface area contributed by atoms with Gasteiger partial charge in [0.2, 0.25) is 0 Å². The van der Waals surface area contributed by atoms with Crippen LogP contribution < -0.4 is 10.6 Å². The van der Waals surface area contributed by atoms with Crippen LogP contribution in [0.15, 0.2) is 47.8 Å². The predicted octanol–water partition coefficient (Wildman–Crippen LogP) is 4.54. The van der Waals surface area contributed by atoms with Crippen molar-refractivity contribution < 1.29 is 10.2 Å². The van der Waals surface area contributed by atoms with Crippen LogP contribution >= 0.6 is 0 Å². The Morgan fingerprint density at radius 3 is 1.90 bits per heavy atom. The van der Waals surface area contributed by atoms with Crippen LogP contribution in [0, 0.1) is 35.8 Å². The lowest BCUT2D eigenvalue weighted by molar-refractivity contribution is 0.464. The molecule has 0 aromatic heterocycles. The molecule has 0 aliphatic heterocycles. The third-order valence-corrected chi connectivity index (χ3v) is 4.28. The van der Waals surface area contributed by atoms with E-state index in [1.54, 1.807) is 38.2 Å². The Hall–Kier alpha value is -4.92. The highest BCUT2D eigenvalue weighted by atomic mass is 16.3. The van der Waals surface area contributed by atoms with Gasteiger partial charge in [0, 0.05) is 19.2 Å². The molecule has 0 saturated carbocycles. The SMILES string of the molecule is [C-]#[N+]/C(C#N)=C(\C)c1ccc(/C(Nc2cc(O)c(NC)cc2O)=C(/C#N)[N+]#[C-])cc1. The number of anilines is 2. The smallest absolute Gasteiger partial charge is 0.285 e. The maximum absolute atomic E-state index is 10.2. The summed E-state index contributed by atoms with van der Waals surface area (Å²) in [6.45, 7) is 16.0. The van der Waals surface area contributed by atoms with Crippen molar-refractivity contribution in [2.45, 2.75) is 6.92 Å². The lowest BCUT2D eigenvalue weighted by Gasteiger charge is -2.15. The van der Waals surface area contributed by atoms with Crippen molar-refractivity contribution >= 4 is 22.6 Å². The van der Waals surface area contributed by atoms with Gasteiger partial charge in [-0.05, 0) is 23.6 Å². The Morgan fingerprint density at radius 1 is 0.900 bits per heavy atom. The van der Waals surface area contributed by atoms with Gasteiger partial charge in [0.1, 0.15) is 11.5 Å². The van der Waals surface area contributed by atoms with Gasteiger partial charge < -0.3 is 20.8 Å². The van der Waals surface area contributed by atoms with Crippen LogP contribution in [-0.2, 0) is 0 Å². The third-order valence-electron chi connectivity index (χ3n) is 4.28. The van der Waals surface area contributed by atoms with Crippen LogP contribution in [0.5, 0.6) is 11.5 Å². The predicted molar refractivity (Wildman–Crippen MR) is 113 cm³/mol. The van der Waals surface area contributed by atoms with Crippen molar-refractivity contribution in [1.82, 2.24) is 0 Å². The molecule has 0 heterocycles. The number of nitrogens with one attached hydrogen (secondary N) is 2. The van der Waals surface area contributed by atoms with Gasteiger partial charge in [0.15, 0.2) is 0 Å². The summed E-state index contributed by atoms with van der Waals surface area (Å²) in [5.41, 5.74) is 1.91. The molecule has 0 saturated heterocycles. The number of nitriles is 2. The van der Waals surface area contributed by atoms with Crippen molar-refractivity contribution in [2.75, 3.05) is 17.7 Å². The molecule has 0 bridgehead atoms. The summed E-state index contributed by atoms with van der Waals surface area (Å²) in [6.07, 6.45) is 0. The van der Waals surface area contributed by atoms with Gasteiger partial charge in [0.25, 0.3) is 11.4 Å². The van der Waals surface area contributed by atoms with Gasteiger partial charge >= 0.3 is 0 Å². The van der Waals surface area contributed by atoms with E-state index in [9.17, 15) is 15.5 Å². The monoisotopic (exact) mass is 396 g/mol. The number of nitrogens with zero attached hydrogens (tertiary/aromatic N) is 4. The largest absolute Gasteiger partial charge is 0.506 e. The number of allylic oxidation sites excluding steroid dienone is 3. The fraction of sp³-hybridized carbons (Fsp3) is 0.0909. The van der Waals surface area contributed by atoms with Crippen molar-refractivity contribution in [1.29, 1.82) is 10.5 Å². The quantitative estimate of drug-likeness (QED) is 0.255. The number of hydrogen-bond acceptors (Lipinski definition) is 6. The number of rotatable bonds is 5. The molecule has 0 aliphatic rings. The summed E-state index contributed by atoms with van der Waals surface area (Å²) in [5, 5.41) is 44.2. The second-order valence-corrected chi connectivity index (χ2v) is 5.98. The zero-order valence-electron chi connectivity index (χ0n) is 16.1. The van der Waals surface area contributed by atoms with Gasteiger partial charge in [-0.15, -0.1) is 0 Å². The van der Waals surface area contributed by atoms with E-state index in [4.69, 9.17) is 18.4 Å². The molecule has 0 unspecified atom stereocenters. The minimum atomic E-state index is -0.245. The molecule has 2 aromatic carbocycles. The molecule has 0 amide bonds. The van der Waals surface area contributed by atoms with Gasteiger partial charge in [-0.3, -0.25) is 0 Å². The normalized spacial score (nSPS) is 11.5. The summed E-state index contributed by atoms with van der Waals surface area (Å²) >= 11 is 0. The number of phenolic OH excluding ortho intramolecular Hbond substituents is 2. The first-order chi connectivity index (χ1) is 14.4. The molecule has 146 valence electrons. The van der Waals surface area contributed by atoms with Gasteiger partial charge in [-0.2, -0.15) is 0 Å². The molecule has 0 fully saturated rings. The Labute approximate surface area is 173 Å². The lowest BCUT2D eigenvalue weighted by Crippen LogP contribution is -2.02. The van der Waals surface area contributed by atoms with Crippen LogP contribution in [0.1, 0.15) is 18.1 Å². The van der Waals surface area contributed by atoms with Crippen molar-refractivity contribution in [3.05, 3.63) is 81.8 Å². The second-order valence-electron chi connectivity index (χ2n) is 5.98. The summed E-state index contributed by atoms with van der Waals surface area (Å²) in [5.74, 6) is -0.319. The summed E-state index contributed by atoms with van der Waals surface area (Å²) in [4.78, 5) is 6.43. The molecule has 0 aliphatic carbocycles. The van der Waals surface area contributed by atoms with E-state index < -0.39 is 0 Å². The zero-order valence-corrected chi connectivity index (χ0v) is 16.1. The Morgan fingerprint density at radius 2 is 1.40 bits per heavy atom. The number of phenols is 2. The first kappa shape index (κ1) is 21.4. The molecule has 0 spiro atoms. The Bertz CT molecular complexity index is 1180. The standard InChI is InChI=1S/C22H16N6O2/c1-13(18(11-23)26-3)14-5-7-15(8-6-14)22(19(12-24)27-4)28-17-10-20(29)16(25-2)9-21(17)30/h5-10,25,28-30H,1-2H3/b18-13+,22-19+. The molecule has 2 aromatic rings. The van der Waals surface area contributed by atoms with Crippen LogP contribution in [0.25, 0.3) is 21.0 Å². The van der Waals surface area contributed by atoms with E-state index in [-0.39, 0.29) is 34.3 Å². The first-order valence-electron chi connectivity index (χ1n) is 8.51. The van der Waals surface area contributed by atoms with Gasteiger partial charge in [-0.1, -0.05) is 24.3 Å². The molecule has 8 nitrogen and oxygen atoms in total. The van der Waals surface area contributed by atoms with Crippen LogP contribution in [0.4, 0.5) is 11.4 Å². The molecule has 0 radical (unpaired) electrons. The first-order valence-corrected chi connectivity index (χ1v) is 8.51. The highest BCUT2D eigenvalue weighted by Crippen LogP contribution is 2.37. The Kier molecular flexibility index (Phi) is 6.65. The second kappa shape index (κ2) is 9.33. The average Bonchev–Trinajstić information content (AvgIpc) is 2.76. The highest BCUT2D eigenvalue weighted by molar-refractivity contribution is 5.86. The Balaban J connectivity index is 2.56. The van der Waals surface area contributed by atoms with E-state index in [0.29, 0.717) is 22.4 Å². The number of benzene rings is 2. The molecule has 8 heteroatoms. The third kappa shape index (κ3) is 4.31. The summed E-state index contributed by atoms with van der Waals surface area (Å²) < 4.78 is 0. The topological polar surface area (TPSA) is 121 Å². The van der Waals surface area contributed by atoms with E-state index in [2.05, 4.69) is 20.3 Å². The molecular weight excluding hydrogens is 380 g/mol. The highest BCUT2D eigenvalue weighted by Gasteiger charge is 2.15. The number of aromatic hydroxyl groups is 2. The summed E-state index contributed by atoms with van der Waals surface area (Å²) in [7, 11) is 1.59. The maximum Gasteiger partial charge on any atom is 0.285 e. The maximum atomic E-state index is 10.2. The average molecular weight is 396 g/mol. The van der Waals surface area contributed by atoms with E-state index in [0.717, 1.165) is 0 Å². The number of hydrogen-bond donors (Lipinski definition) is 4. The van der Waals surface area contributed by atoms with E-state index >= 15 is 0 Å². The molecule has 30 heavy (non-hydrogen) atoms. The van der Waals surface area contributed by atoms with Gasteiger partial charge in [-0.25, -0.2) is 20.2 Å². The van der Waals surface area contributed by atoms with E-state index in [1.165, 1.54) is 12.1 Å². The van der Waals surface area contributed by atoms with E-state index in [1.807, 2.05) is 12.1 Å². The summed E-state index contributed by atoms with van der Waals surface area (Å²) in [6, 6.07) is 12.8. The minimum Gasteiger partial charge on any atom is -0.506 e. The zero-order chi connectivity index (χ0) is 22.3. The van der Waals surface area contributed by atoms with Crippen molar-refractivity contribution in [3.8, 4) is 23.6 Å². The van der Waals surface area contributed by atoms with Crippen LogP contribution in [0.2, 0.25) is 0 Å². The molecular formula is C22H16N6O2. The fourth-order valence-corrected chi connectivity index (χ4v) is 2.63.